The lowest BCUT2D eigenvalue weighted by Crippen LogP contribution is -2.27. The molecule has 0 spiro atoms. The molecule has 0 radical (unpaired) electrons. The van der Waals surface area contributed by atoms with Crippen molar-refractivity contribution in [3.8, 4) is 6.07 Å². The lowest BCUT2D eigenvalue weighted by Gasteiger charge is -2.13. The fraction of sp³-hybridized carbons (Fsp3) is 0.571. The highest BCUT2D eigenvalue weighted by atomic mass is 32.1. The predicted molar refractivity (Wildman–Crippen MR) is 76.6 cm³/mol. The van der Waals surface area contributed by atoms with Crippen LogP contribution in [0.2, 0.25) is 0 Å². The van der Waals surface area contributed by atoms with Gasteiger partial charge in [-0.25, -0.2) is 0 Å². The normalized spacial score (nSPS) is 25.0. The Morgan fingerprint density at radius 1 is 1.60 bits per heavy atom. The van der Waals surface area contributed by atoms with Gasteiger partial charge in [0.15, 0.2) is 0 Å². The topological polar surface area (TPSA) is 74.1 Å². The Kier molecular flexibility index (Phi) is 3.74. The predicted octanol–water partition coefficient (Wildman–Crippen LogP) is 1.63. The van der Waals surface area contributed by atoms with Gasteiger partial charge in [0, 0.05) is 18.0 Å². The van der Waals surface area contributed by atoms with E-state index in [-0.39, 0.29) is 17.9 Å². The van der Waals surface area contributed by atoms with Crippen LogP contribution in [0.4, 0.5) is 5.00 Å². The van der Waals surface area contributed by atoms with Crippen molar-refractivity contribution < 1.29 is 9.53 Å². The Morgan fingerprint density at radius 3 is 3.15 bits per heavy atom. The molecule has 6 heteroatoms. The van der Waals surface area contributed by atoms with Crippen molar-refractivity contribution >= 4 is 22.2 Å². The van der Waals surface area contributed by atoms with Crippen LogP contribution in [0.25, 0.3) is 0 Å². The first-order chi connectivity index (χ1) is 9.70. The summed E-state index contributed by atoms with van der Waals surface area (Å²) in [5.41, 5.74) is 1.74. The van der Waals surface area contributed by atoms with Gasteiger partial charge in [0.1, 0.15) is 11.1 Å². The van der Waals surface area contributed by atoms with Crippen LogP contribution in [-0.2, 0) is 22.5 Å². The molecule has 1 aromatic rings. The van der Waals surface area contributed by atoms with Crippen molar-refractivity contribution in [3.05, 3.63) is 16.0 Å². The molecule has 2 aliphatic heterocycles. The summed E-state index contributed by atoms with van der Waals surface area (Å²) in [7, 11) is 0. The number of nitrogens with zero attached hydrogens (tertiary/aromatic N) is 1. The molecule has 1 amide bonds. The summed E-state index contributed by atoms with van der Waals surface area (Å²) in [5.74, 6) is -0.142. The van der Waals surface area contributed by atoms with E-state index in [2.05, 4.69) is 16.7 Å². The van der Waals surface area contributed by atoms with Crippen LogP contribution in [-0.4, -0.2) is 25.2 Å². The Morgan fingerprint density at radius 2 is 2.45 bits per heavy atom. The Hall–Kier alpha value is -1.42. The third-order valence-corrected chi connectivity index (χ3v) is 5.14. The SMILES string of the molecule is CC1OCCC1C(=O)Nc1sc2c(c1C#N)CCNC2. The molecule has 5 nitrogen and oxygen atoms in total. The highest BCUT2D eigenvalue weighted by Gasteiger charge is 2.32. The molecule has 3 heterocycles. The number of amides is 1. The van der Waals surface area contributed by atoms with Crippen molar-refractivity contribution in [3.63, 3.8) is 0 Å². The number of fused-ring (bicyclic) bond motifs is 1. The molecule has 0 bridgehead atoms. The van der Waals surface area contributed by atoms with Crippen LogP contribution in [0.15, 0.2) is 0 Å². The molecule has 2 unspecified atom stereocenters. The minimum atomic E-state index is -0.112. The molecule has 1 saturated heterocycles. The lowest BCUT2D eigenvalue weighted by molar-refractivity contribution is -0.121. The van der Waals surface area contributed by atoms with Gasteiger partial charge in [-0.15, -0.1) is 11.3 Å². The number of anilines is 1. The molecule has 2 N–H and O–H groups in total. The zero-order valence-electron chi connectivity index (χ0n) is 11.4. The first-order valence-electron chi connectivity index (χ1n) is 6.88. The lowest BCUT2D eigenvalue weighted by atomic mass is 10.0. The fourth-order valence-electron chi connectivity index (χ4n) is 2.82. The monoisotopic (exact) mass is 291 g/mol. The molecule has 0 aromatic carbocycles. The number of hydrogen-bond acceptors (Lipinski definition) is 5. The first-order valence-corrected chi connectivity index (χ1v) is 7.70. The van der Waals surface area contributed by atoms with Crippen LogP contribution in [0, 0.1) is 17.2 Å². The standard InChI is InChI=1S/C14H17N3O2S/c1-8-9(3-5-19-8)13(18)17-14-11(6-15)10-2-4-16-7-12(10)20-14/h8-9,16H,2-5,7H2,1H3,(H,17,18). The van der Waals surface area contributed by atoms with Crippen LogP contribution < -0.4 is 10.6 Å². The third-order valence-electron chi connectivity index (χ3n) is 3.99. The molecule has 1 fully saturated rings. The average molecular weight is 291 g/mol. The van der Waals surface area contributed by atoms with Crippen molar-refractivity contribution in [2.45, 2.75) is 32.4 Å². The summed E-state index contributed by atoms with van der Waals surface area (Å²) in [6.07, 6.45) is 1.56. The summed E-state index contributed by atoms with van der Waals surface area (Å²) in [6, 6.07) is 2.25. The number of carbonyl (C=O) groups is 1. The number of hydrogen-bond donors (Lipinski definition) is 2. The number of thiophene rings is 1. The summed E-state index contributed by atoms with van der Waals surface area (Å²) in [6.45, 7) is 4.23. The van der Waals surface area contributed by atoms with E-state index in [1.807, 2.05) is 6.92 Å². The summed E-state index contributed by atoms with van der Waals surface area (Å²) < 4.78 is 5.43. The molecular formula is C14H17N3O2S. The average Bonchev–Trinajstić information content (AvgIpc) is 3.01. The highest BCUT2D eigenvalue weighted by Crippen LogP contribution is 2.35. The van der Waals surface area contributed by atoms with E-state index in [9.17, 15) is 10.1 Å². The molecule has 1 aromatic heterocycles. The van der Waals surface area contributed by atoms with Gasteiger partial charge in [0.2, 0.25) is 5.91 Å². The number of rotatable bonds is 2. The number of nitriles is 1. The second-order valence-electron chi connectivity index (χ2n) is 5.21. The van der Waals surface area contributed by atoms with Crippen molar-refractivity contribution in [1.29, 1.82) is 5.26 Å². The Bertz CT molecular complexity index is 576. The van der Waals surface area contributed by atoms with Crippen molar-refractivity contribution in [1.82, 2.24) is 5.32 Å². The van der Waals surface area contributed by atoms with E-state index >= 15 is 0 Å². The van der Waals surface area contributed by atoms with Gasteiger partial charge in [-0.3, -0.25) is 4.79 Å². The smallest absolute Gasteiger partial charge is 0.230 e. The summed E-state index contributed by atoms with van der Waals surface area (Å²) in [4.78, 5) is 13.5. The van der Waals surface area contributed by atoms with E-state index < -0.39 is 0 Å². The zero-order chi connectivity index (χ0) is 14.1. The van der Waals surface area contributed by atoms with Crippen molar-refractivity contribution in [2.75, 3.05) is 18.5 Å². The van der Waals surface area contributed by atoms with Gasteiger partial charge in [-0.05, 0) is 31.9 Å². The minimum Gasteiger partial charge on any atom is -0.378 e. The maximum Gasteiger partial charge on any atom is 0.230 e. The molecule has 0 saturated carbocycles. The van der Waals surface area contributed by atoms with Gasteiger partial charge < -0.3 is 15.4 Å². The second kappa shape index (κ2) is 5.52. The quantitative estimate of drug-likeness (QED) is 0.868. The van der Waals surface area contributed by atoms with E-state index in [1.165, 1.54) is 16.2 Å². The van der Waals surface area contributed by atoms with E-state index in [4.69, 9.17) is 4.74 Å². The van der Waals surface area contributed by atoms with Crippen LogP contribution in [0.1, 0.15) is 29.3 Å². The fourth-order valence-corrected chi connectivity index (χ4v) is 3.99. The van der Waals surface area contributed by atoms with Gasteiger partial charge in [0.05, 0.1) is 17.6 Å². The van der Waals surface area contributed by atoms with E-state index in [0.29, 0.717) is 17.2 Å². The summed E-state index contributed by atoms with van der Waals surface area (Å²) in [5, 5.41) is 16.3. The molecule has 2 aliphatic rings. The number of nitrogens with one attached hydrogen (secondary N) is 2. The van der Waals surface area contributed by atoms with E-state index in [0.717, 1.165) is 31.5 Å². The van der Waals surface area contributed by atoms with E-state index in [1.54, 1.807) is 0 Å². The second-order valence-corrected chi connectivity index (χ2v) is 6.31. The van der Waals surface area contributed by atoms with Crippen molar-refractivity contribution in [2.24, 2.45) is 5.92 Å². The number of ether oxygens (including phenoxy) is 1. The molecule has 20 heavy (non-hydrogen) atoms. The molecule has 0 aliphatic carbocycles. The molecular weight excluding hydrogens is 274 g/mol. The van der Waals surface area contributed by atoms with Crippen LogP contribution in [0.5, 0.6) is 0 Å². The van der Waals surface area contributed by atoms with Gasteiger partial charge in [-0.2, -0.15) is 5.26 Å². The Labute approximate surface area is 121 Å². The zero-order valence-corrected chi connectivity index (χ0v) is 12.2. The molecule has 106 valence electrons. The van der Waals surface area contributed by atoms with Crippen LogP contribution >= 0.6 is 11.3 Å². The molecule has 3 rings (SSSR count). The highest BCUT2D eigenvalue weighted by molar-refractivity contribution is 7.16. The Balaban J connectivity index is 1.82. The number of carbonyl (C=O) groups excluding carboxylic acids is 1. The minimum absolute atomic E-state index is 0.0296. The third kappa shape index (κ3) is 2.33. The maximum atomic E-state index is 12.3. The van der Waals surface area contributed by atoms with Gasteiger partial charge in [0.25, 0.3) is 0 Å². The van der Waals surface area contributed by atoms with Gasteiger partial charge >= 0.3 is 0 Å². The first kappa shape index (κ1) is 13.6. The largest absolute Gasteiger partial charge is 0.378 e. The molecule has 2 atom stereocenters. The summed E-state index contributed by atoms with van der Waals surface area (Å²) >= 11 is 1.52. The maximum absolute atomic E-state index is 12.3. The van der Waals surface area contributed by atoms with Crippen LogP contribution in [0.3, 0.4) is 0 Å². The van der Waals surface area contributed by atoms with Gasteiger partial charge in [-0.1, -0.05) is 0 Å².